The van der Waals surface area contributed by atoms with Gasteiger partial charge in [0.1, 0.15) is 6.33 Å². The van der Waals surface area contributed by atoms with Gasteiger partial charge in [0, 0.05) is 17.8 Å². The summed E-state index contributed by atoms with van der Waals surface area (Å²) >= 11 is 0. The highest BCUT2D eigenvalue weighted by atomic mass is 31.2. The molecule has 72 valence electrons. The van der Waals surface area contributed by atoms with Crippen molar-refractivity contribution in [3.8, 4) is 0 Å². The molecular formula is C8H13N2O2P. The Morgan fingerprint density at radius 1 is 1.38 bits per heavy atom. The Morgan fingerprint density at radius 3 is 2.62 bits per heavy atom. The molecule has 0 unspecified atom stereocenters. The van der Waals surface area contributed by atoms with Crippen molar-refractivity contribution in [3.63, 3.8) is 0 Å². The minimum atomic E-state index is -0.934. The third-order valence-corrected chi connectivity index (χ3v) is 3.12. The van der Waals surface area contributed by atoms with E-state index in [4.69, 9.17) is 9.05 Å². The van der Waals surface area contributed by atoms with Crippen LogP contribution in [-0.4, -0.2) is 22.5 Å². The van der Waals surface area contributed by atoms with Gasteiger partial charge >= 0.3 is 0 Å². The van der Waals surface area contributed by atoms with E-state index in [2.05, 4.69) is 18.8 Å². The molecule has 1 aliphatic heterocycles. The molecule has 0 saturated carbocycles. The first kappa shape index (κ1) is 9.13. The summed E-state index contributed by atoms with van der Waals surface area (Å²) in [5.74, 6) is 0. The monoisotopic (exact) mass is 200 g/mol. The molecule has 2 heterocycles. The lowest BCUT2D eigenvalue weighted by atomic mass is 9.97. The van der Waals surface area contributed by atoms with E-state index in [0.29, 0.717) is 0 Å². The average Bonchev–Trinajstić information content (AvgIpc) is 2.56. The zero-order chi connectivity index (χ0) is 9.31. The normalized spacial score (nSPS) is 23.2. The fourth-order valence-electron chi connectivity index (χ4n) is 1.02. The van der Waals surface area contributed by atoms with E-state index in [-0.39, 0.29) is 5.41 Å². The summed E-state index contributed by atoms with van der Waals surface area (Å²) in [6, 6.07) is 0. The second kappa shape index (κ2) is 3.37. The van der Waals surface area contributed by atoms with Gasteiger partial charge < -0.3 is 9.05 Å². The Balaban J connectivity index is 1.99. The van der Waals surface area contributed by atoms with Crippen LogP contribution < -0.4 is 0 Å². The first-order valence-corrected chi connectivity index (χ1v) is 5.35. The highest BCUT2D eigenvalue weighted by Crippen LogP contribution is 2.46. The zero-order valence-corrected chi connectivity index (χ0v) is 8.70. The van der Waals surface area contributed by atoms with Crippen LogP contribution in [0.1, 0.15) is 13.8 Å². The lowest BCUT2D eigenvalue weighted by Gasteiger charge is -2.33. The summed E-state index contributed by atoms with van der Waals surface area (Å²) in [5, 5.41) is 0. The molecular weight excluding hydrogens is 187 g/mol. The maximum absolute atomic E-state index is 5.60. The predicted octanol–water partition coefficient (Wildman–Crippen LogP) is 2.03. The van der Waals surface area contributed by atoms with Crippen molar-refractivity contribution in [1.29, 1.82) is 0 Å². The molecule has 2 rings (SSSR count). The topological polar surface area (TPSA) is 36.3 Å². The van der Waals surface area contributed by atoms with Crippen molar-refractivity contribution in [3.05, 3.63) is 18.7 Å². The van der Waals surface area contributed by atoms with Gasteiger partial charge in [0.05, 0.1) is 13.2 Å². The number of imidazole rings is 1. The fourth-order valence-corrected chi connectivity index (χ4v) is 2.59. The maximum atomic E-state index is 5.60. The molecule has 0 aliphatic carbocycles. The van der Waals surface area contributed by atoms with Gasteiger partial charge in [-0.15, -0.1) is 0 Å². The summed E-state index contributed by atoms with van der Waals surface area (Å²) < 4.78 is 13.1. The van der Waals surface area contributed by atoms with Crippen LogP contribution in [0.5, 0.6) is 0 Å². The van der Waals surface area contributed by atoms with Gasteiger partial charge in [0.2, 0.25) is 0 Å². The summed E-state index contributed by atoms with van der Waals surface area (Å²) in [6.45, 7) is 5.76. The molecule has 1 aromatic rings. The molecule has 1 aromatic heterocycles. The van der Waals surface area contributed by atoms with Gasteiger partial charge in [0.25, 0.3) is 8.53 Å². The van der Waals surface area contributed by atoms with Crippen molar-refractivity contribution >= 4 is 8.53 Å². The summed E-state index contributed by atoms with van der Waals surface area (Å²) in [5.41, 5.74) is 0.138. The molecule has 0 spiro atoms. The van der Waals surface area contributed by atoms with Crippen LogP contribution >= 0.6 is 8.53 Å². The zero-order valence-electron chi connectivity index (χ0n) is 7.80. The summed E-state index contributed by atoms with van der Waals surface area (Å²) in [4.78, 5) is 3.95. The Morgan fingerprint density at radius 2 is 2.08 bits per heavy atom. The Bertz CT molecular complexity index is 264. The molecule has 13 heavy (non-hydrogen) atoms. The molecule has 0 atom stereocenters. The standard InChI is InChI=1S/C8H13N2O2P/c1-8(2)5-11-13(12-6-8)10-4-3-9-7-10/h3-4,7H,5-6H2,1-2H3. The Labute approximate surface area is 78.8 Å². The van der Waals surface area contributed by atoms with E-state index in [0.717, 1.165) is 13.2 Å². The minimum Gasteiger partial charge on any atom is -0.317 e. The van der Waals surface area contributed by atoms with Gasteiger partial charge in [-0.3, -0.25) is 4.34 Å². The van der Waals surface area contributed by atoms with Gasteiger partial charge in [0.15, 0.2) is 0 Å². The van der Waals surface area contributed by atoms with Crippen molar-refractivity contribution < 1.29 is 9.05 Å². The van der Waals surface area contributed by atoms with Crippen molar-refractivity contribution in [2.45, 2.75) is 13.8 Å². The van der Waals surface area contributed by atoms with E-state index >= 15 is 0 Å². The highest BCUT2D eigenvalue weighted by molar-refractivity contribution is 7.45. The quantitative estimate of drug-likeness (QED) is 0.651. The SMILES string of the molecule is CC1(C)COP(n2ccnc2)OC1. The van der Waals surface area contributed by atoms with E-state index in [9.17, 15) is 0 Å². The first-order chi connectivity index (χ1) is 6.17. The summed E-state index contributed by atoms with van der Waals surface area (Å²) in [7, 11) is -0.934. The predicted molar refractivity (Wildman–Crippen MR) is 50.2 cm³/mol. The van der Waals surface area contributed by atoms with E-state index in [1.54, 1.807) is 12.5 Å². The van der Waals surface area contributed by atoms with Gasteiger partial charge in [-0.25, -0.2) is 4.98 Å². The highest BCUT2D eigenvalue weighted by Gasteiger charge is 2.30. The third kappa shape index (κ3) is 2.08. The van der Waals surface area contributed by atoms with Crippen LogP contribution in [0.25, 0.3) is 0 Å². The number of rotatable bonds is 1. The van der Waals surface area contributed by atoms with Gasteiger partial charge in [-0.1, -0.05) is 13.8 Å². The Hall–Kier alpha value is -0.440. The van der Waals surface area contributed by atoms with Crippen molar-refractivity contribution in [2.24, 2.45) is 5.41 Å². The van der Waals surface area contributed by atoms with Crippen molar-refractivity contribution in [2.75, 3.05) is 13.2 Å². The van der Waals surface area contributed by atoms with Crippen molar-refractivity contribution in [1.82, 2.24) is 9.32 Å². The smallest absolute Gasteiger partial charge is 0.295 e. The van der Waals surface area contributed by atoms with Crippen LogP contribution in [0.15, 0.2) is 18.7 Å². The number of hydrogen-bond acceptors (Lipinski definition) is 3. The molecule has 1 aliphatic rings. The largest absolute Gasteiger partial charge is 0.317 e. The fraction of sp³-hybridized carbons (Fsp3) is 0.625. The molecule has 0 N–H and O–H groups in total. The lowest BCUT2D eigenvalue weighted by Crippen LogP contribution is -2.29. The molecule has 0 aromatic carbocycles. The van der Waals surface area contributed by atoms with Crippen LogP contribution in [0.4, 0.5) is 0 Å². The molecule has 4 nitrogen and oxygen atoms in total. The molecule has 5 heteroatoms. The van der Waals surface area contributed by atoms with Crippen LogP contribution in [0.2, 0.25) is 0 Å². The number of nitrogens with zero attached hydrogens (tertiary/aromatic N) is 2. The van der Waals surface area contributed by atoms with Crippen LogP contribution in [0, 0.1) is 5.41 Å². The number of aromatic nitrogens is 2. The third-order valence-electron chi connectivity index (χ3n) is 1.81. The van der Waals surface area contributed by atoms with E-state index in [1.165, 1.54) is 0 Å². The summed E-state index contributed by atoms with van der Waals surface area (Å²) in [6.07, 6.45) is 5.32. The van der Waals surface area contributed by atoms with Crippen LogP contribution in [-0.2, 0) is 9.05 Å². The molecule has 0 radical (unpaired) electrons. The molecule has 1 saturated heterocycles. The van der Waals surface area contributed by atoms with E-state index < -0.39 is 8.53 Å². The van der Waals surface area contributed by atoms with E-state index in [1.807, 2.05) is 10.5 Å². The van der Waals surface area contributed by atoms with Gasteiger partial charge in [-0.05, 0) is 0 Å². The van der Waals surface area contributed by atoms with Crippen LogP contribution in [0.3, 0.4) is 0 Å². The maximum Gasteiger partial charge on any atom is 0.295 e. The first-order valence-electron chi connectivity index (χ1n) is 4.22. The average molecular weight is 200 g/mol. The lowest BCUT2D eigenvalue weighted by molar-refractivity contribution is 0.0587. The minimum absolute atomic E-state index is 0.138. The molecule has 0 amide bonds. The molecule has 0 bridgehead atoms. The Kier molecular flexibility index (Phi) is 2.37. The van der Waals surface area contributed by atoms with Gasteiger partial charge in [-0.2, -0.15) is 0 Å². The molecule has 1 fully saturated rings. The number of hydrogen-bond donors (Lipinski definition) is 0. The second-order valence-electron chi connectivity index (χ2n) is 3.89. The second-order valence-corrected chi connectivity index (χ2v) is 5.35.